The third kappa shape index (κ3) is 4.65. The second-order valence-corrected chi connectivity index (χ2v) is 5.27. The first-order valence-electron chi connectivity index (χ1n) is 7.61. The summed E-state index contributed by atoms with van der Waals surface area (Å²) in [5.41, 5.74) is 3.59. The molecule has 108 valence electrons. The zero-order valence-corrected chi connectivity index (χ0v) is 12.5. The van der Waals surface area contributed by atoms with E-state index in [4.69, 9.17) is 5.26 Å². The number of nitriles is 1. The van der Waals surface area contributed by atoms with Crippen molar-refractivity contribution in [1.29, 1.82) is 5.26 Å². The average Bonchev–Trinajstić information content (AvgIpc) is 2.54. The molecule has 0 bridgehead atoms. The van der Waals surface area contributed by atoms with E-state index in [2.05, 4.69) is 54.7 Å². The Hall–Kier alpha value is -2.27. The van der Waals surface area contributed by atoms with Gasteiger partial charge in [0.25, 0.3) is 0 Å². The van der Waals surface area contributed by atoms with Gasteiger partial charge >= 0.3 is 0 Å². The molecule has 1 N–H and O–H groups in total. The number of aryl methyl sites for hydroxylation is 1. The fourth-order valence-electron chi connectivity index (χ4n) is 2.38. The molecule has 21 heavy (non-hydrogen) atoms. The fourth-order valence-corrected chi connectivity index (χ4v) is 2.38. The monoisotopic (exact) mass is 278 g/mol. The number of hydrogen-bond acceptors (Lipinski definition) is 2. The standard InChI is InChI=1S/C19H22N2/c1-2-3-7-16-10-12-18(13-11-16)21-19(14-15-20)17-8-5-4-6-9-17/h4-6,8-13,19,21H,2-3,7,14H2,1H3. The molecular weight excluding hydrogens is 256 g/mol. The lowest BCUT2D eigenvalue weighted by molar-refractivity contribution is 0.793. The summed E-state index contributed by atoms with van der Waals surface area (Å²) >= 11 is 0. The van der Waals surface area contributed by atoms with Crippen LogP contribution in [0.4, 0.5) is 5.69 Å². The van der Waals surface area contributed by atoms with E-state index in [1.165, 1.54) is 18.4 Å². The summed E-state index contributed by atoms with van der Waals surface area (Å²) in [4.78, 5) is 0. The van der Waals surface area contributed by atoms with Gasteiger partial charge in [0.1, 0.15) is 0 Å². The topological polar surface area (TPSA) is 35.8 Å². The number of hydrogen-bond donors (Lipinski definition) is 1. The van der Waals surface area contributed by atoms with Crippen LogP contribution in [0.2, 0.25) is 0 Å². The van der Waals surface area contributed by atoms with Crippen molar-refractivity contribution >= 4 is 5.69 Å². The molecule has 0 spiro atoms. The predicted molar refractivity (Wildman–Crippen MR) is 88.1 cm³/mol. The van der Waals surface area contributed by atoms with E-state index in [0.717, 1.165) is 17.7 Å². The van der Waals surface area contributed by atoms with Crippen LogP contribution in [0, 0.1) is 11.3 Å². The van der Waals surface area contributed by atoms with E-state index >= 15 is 0 Å². The molecule has 2 aromatic rings. The number of nitrogens with one attached hydrogen (secondary N) is 1. The first-order valence-corrected chi connectivity index (χ1v) is 7.61. The molecule has 0 aliphatic heterocycles. The molecule has 0 amide bonds. The van der Waals surface area contributed by atoms with E-state index < -0.39 is 0 Å². The highest BCUT2D eigenvalue weighted by atomic mass is 14.9. The Morgan fingerprint density at radius 2 is 1.76 bits per heavy atom. The second kappa shape index (κ2) is 8.11. The molecule has 0 saturated carbocycles. The molecule has 0 aliphatic rings. The van der Waals surface area contributed by atoms with Crippen molar-refractivity contribution in [2.75, 3.05) is 5.32 Å². The quantitative estimate of drug-likeness (QED) is 0.765. The zero-order valence-electron chi connectivity index (χ0n) is 12.5. The van der Waals surface area contributed by atoms with Gasteiger partial charge in [-0.3, -0.25) is 0 Å². The summed E-state index contributed by atoms with van der Waals surface area (Å²) < 4.78 is 0. The van der Waals surface area contributed by atoms with Gasteiger partial charge in [-0.05, 0) is 36.1 Å². The van der Waals surface area contributed by atoms with Crippen LogP contribution in [0.5, 0.6) is 0 Å². The number of unbranched alkanes of at least 4 members (excludes halogenated alkanes) is 1. The molecule has 2 rings (SSSR count). The molecule has 0 aliphatic carbocycles. The number of anilines is 1. The number of benzene rings is 2. The van der Waals surface area contributed by atoms with Crippen molar-refractivity contribution in [3.63, 3.8) is 0 Å². The summed E-state index contributed by atoms with van der Waals surface area (Å²) in [6.45, 7) is 2.21. The smallest absolute Gasteiger partial charge is 0.0647 e. The van der Waals surface area contributed by atoms with Crippen molar-refractivity contribution in [3.8, 4) is 6.07 Å². The van der Waals surface area contributed by atoms with Gasteiger partial charge in [0.2, 0.25) is 0 Å². The van der Waals surface area contributed by atoms with Gasteiger partial charge in [0, 0.05) is 5.69 Å². The van der Waals surface area contributed by atoms with Crippen LogP contribution in [-0.4, -0.2) is 0 Å². The Morgan fingerprint density at radius 1 is 1.05 bits per heavy atom. The summed E-state index contributed by atoms with van der Waals surface area (Å²) in [5.74, 6) is 0. The zero-order chi connectivity index (χ0) is 14.9. The van der Waals surface area contributed by atoms with Crippen LogP contribution in [0.3, 0.4) is 0 Å². The van der Waals surface area contributed by atoms with Gasteiger partial charge in [-0.15, -0.1) is 0 Å². The third-order valence-electron chi connectivity index (χ3n) is 3.61. The molecule has 1 atom stereocenters. The molecular formula is C19H22N2. The summed E-state index contributed by atoms with van der Waals surface area (Å²) in [7, 11) is 0. The van der Waals surface area contributed by atoms with Crippen LogP contribution in [-0.2, 0) is 6.42 Å². The summed E-state index contributed by atoms with van der Waals surface area (Å²) in [6.07, 6.45) is 4.05. The van der Waals surface area contributed by atoms with Gasteiger partial charge in [-0.2, -0.15) is 5.26 Å². The van der Waals surface area contributed by atoms with Crippen LogP contribution in [0.15, 0.2) is 54.6 Å². The lowest BCUT2D eigenvalue weighted by Gasteiger charge is -2.18. The number of rotatable bonds is 7. The van der Waals surface area contributed by atoms with E-state index in [0.29, 0.717) is 6.42 Å². The Bertz CT molecular complexity index is 567. The number of nitrogens with zero attached hydrogens (tertiary/aromatic N) is 1. The molecule has 0 fully saturated rings. The van der Waals surface area contributed by atoms with Crippen molar-refractivity contribution in [3.05, 3.63) is 65.7 Å². The molecule has 2 nitrogen and oxygen atoms in total. The largest absolute Gasteiger partial charge is 0.377 e. The summed E-state index contributed by atoms with van der Waals surface area (Å²) in [6, 6.07) is 21.0. The maximum atomic E-state index is 9.03. The molecule has 2 heteroatoms. The maximum Gasteiger partial charge on any atom is 0.0647 e. The summed E-state index contributed by atoms with van der Waals surface area (Å²) in [5, 5.41) is 12.5. The highest BCUT2D eigenvalue weighted by molar-refractivity contribution is 5.47. The van der Waals surface area contributed by atoms with Crippen LogP contribution in [0.25, 0.3) is 0 Å². The van der Waals surface area contributed by atoms with Crippen molar-refractivity contribution in [2.45, 2.75) is 38.6 Å². The Labute approximate surface area is 127 Å². The molecule has 1 unspecified atom stereocenters. The molecule has 0 aromatic heterocycles. The van der Waals surface area contributed by atoms with Gasteiger partial charge in [0.05, 0.1) is 18.5 Å². The van der Waals surface area contributed by atoms with E-state index in [-0.39, 0.29) is 6.04 Å². The first-order chi connectivity index (χ1) is 10.3. The van der Waals surface area contributed by atoms with Gasteiger partial charge in [-0.1, -0.05) is 55.8 Å². The average molecular weight is 278 g/mol. The minimum Gasteiger partial charge on any atom is -0.377 e. The lowest BCUT2D eigenvalue weighted by Crippen LogP contribution is -2.10. The van der Waals surface area contributed by atoms with Gasteiger partial charge in [-0.25, -0.2) is 0 Å². The molecule has 0 heterocycles. The normalized spacial score (nSPS) is 11.6. The Balaban J connectivity index is 2.05. The van der Waals surface area contributed by atoms with Crippen molar-refractivity contribution in [1.82, 2.24) is 0 Å². The van der Waals surface area contributed by atoms with Crippen LogP contribution < -0.4 is 5.32 Å². The van der Waals surface area contributed by atoms with E-state index in [1.807, 2.05) is 18.2 Å². The lowest BCUT2D eigenvalue weighted by atomic mass is 10.0. The maximum absolute atomic E-state index is 9.03. The van der Waals surface area contributed by atoms with Gasteiger partial charge in [0.15, 0.2) is 0 Å². The highest BCUT2D eigenvalue weighted by Gasteiger charge is 2.10. The predicted octanol–water partition coefficient (Wildman–Crippen LogP) is 5.10. The van der Waals surface area contributed by atoms with Crippen molar-refractivity contribution < 1.29 is 0 Å². The van der Waals surface area contributed by atoms with E-state index in [9.17, 15) is 0 Å². The van der Waals surface area contributed by atoms with Crippen molar-refractivity contribution in [2.24, 2.45) is 0 Å². The van der Waals surface area contributed by atoms with E-state index in [1.54, 1.807) is 0 Å². The van der Waals surface area contributed by atoms with Gasteiger partial charge < -0.3 is 5.32 Å². The minimum atomic E-state index is 0.0395. The minimum absolute atomic E-state index is 0.0395. The fraction of sp³-hybridized carbons (Fsp3) is 0.316. The highest BCUT2D eigenvalue weighted by Crippen LogP contribution is 2.22. The Kier molecular flexibility index (Phi) is 5.84. The van der Waals surface area contributed by atoms with Crippen LogP contribution in [0.1, 0.15) is 43.4 Å². The molecule has 2 aromatic carbocycles. The SMILES string of the molecule is CCCCc1ccc(NC(CC#N)c2ccccc2)cc1. The molecule has 0 radical (unpaired) electrons. The van der Waals surface area contributed by atoms with Crippen LogP contribution >= 0.6 is 0 Å². The third-order valence-corrected chi connectivity index (χ3v) is 3.61. The molecule has 0 saturated heterocycles. The Morgan fingerprint density at radius 3 is 2.38 bits per heavy atom. The second-order valence-electron chi connectivity index (χ2n) is 5.27. The first kappa shape index (κ1) is 15.1.